The molecule has 21 nitrogen and oxygen atoms in total. The predicted octanol–water partition coefficient (Wildman–Crippen LogP) is 6.13. The number of methoxy groups -OCH3 is 2. The number of nitrogens with one attached hydrogen (secondary N) is 2. The zero-order valence-corrected chi connectivity index (χ0v) is 38.0. The normalized spacial score (nSPS) is 10.2. The topological polar surface area (TPSA) is 270 Å². The third kappa shape index (κ3) is 17.7. The number of carbonyl (C=O) groups excluding carboxylic acids is 9. The zero-order valence-electron chi connectivity index (χ0n) is 38.0. The molecule has 0 fully saturated rings. The summed E-state index contributed by atoms with van der Waals surface area (Å²) in [5.74, 6) is -5.39. The van der Waals surface area contributed by atoms with Crippen LogP contribution in [0.3, 0.4) is 0 Å². The lowest BCUT2D eigenvalue weighted by atomic mass is 10.1. The van der Waals surface area contributed by atoms with Crippen LogP contribution in [0.1, 0.15) is 77.5 Å². The van der Waals surface area contributed by atoms with Gasteiger partial charge in [-0.25, -0.2) is 43.2 Å². The standard InChI is InChI=1S/C49H48N2O19/c1-5-41(52)64-26-8-7-25-63-34-17-15-33(16-18-34)45(56)70-40-22-20-36(30-38(40)47(58)62-4)68-49(60)51-24-23-50-48(59)67-35-19-21-39(37(29-35)46(57)61-3)69-44(55)32-13-11-31(12-14-32)43(54)66-28-10-9-27-65-42(53)6-2/h5-6,11-22,29-30H,1-2,7-10,23-28H2,3-4H3,(H,50,59)(H,51,60). The fraction of sp³-hybridized carbons (Fsp3) is 0.245. The molecule has 2 amide bonds. The van der Waals surface area contributed by atoms with Crippen LogP contribution in [-0.2, 0) is 33.3 Å². The molecule has 368 valence electrons. The number of ether oxygens (including phenoxy) is 10. The summed E-state index contributed by atoms with van der Waals surface area (Å²) in [7, 11) is 2.20. The number of carbonyl (C=O) groups is 9. The summed E-state index contributed by atoms with van der Waals surface area (Å²) < 4.78 is 51.5. The summed E-state index contributed by atoms with van der Waals surface area (Å²) >= 11 is 0. The summed E-state index contributed by atoms with van der Waals surface area (Å²) in [4.78, 5) is 111. The Labute approximate surface area is 400 Å². The summed E-state index contributed by atoms with van der Waals surface area (Å²) in [5.41, 5.74) is -0.170. The van der Waals surface area contributed by atoms with Crippen LogP contribution in [0.5, 0.6) is 28.7 Å². The minimum absolute atomic E-state index is 0.0267. The monoisotopic (exact) mass is 968 g/mol. The number of hydrogen-bond donors (Lipinski definition) is 2. The lowest BCUT2D eigenvalue weighted by molar-refractivity contribution is -0.138. The molecule has 4 aromatic rings. The van der Waals surface area contributed by atoms with Gasteiger partial charge in [0.05, 0.1) is 57.3 Å². The van der Waals surface area contributed by atoms with Crippen LogP contribution in [0.4, 0.5) is 9.59 Å². The molecule has 4 aromatic carbocycles. The second kappa shape index (κ2) is 28.2. The Morgan fingerprint density at radius 3 is 1.23 bits per heavy atom. The van der Waals surface area contributed by atoms with E-state index in [2.05, 4.69) is 23.8 Å². The minimum Gasteiger partial charge on any atom is -0.494 e. The molecule has 2 N–H and O–H groups in total. The van der Waals surface area contributed by atoms with Crippen molar-refractivity contribution in [3.05, 3.63) is 138 Å². The Balaban J connectivity index is 1.22. The molecular weight excluding hydrogens is 921 g/mol. The SMILES string of the molecule is C=CC(=O)OCCCCOC(=O)c1ccc(C(=O)Oc2ccc(OC(=O)NCCNC(=O)Oc3ccc(OC(=O)c4ccc(OCCCCOC(=O)C=C)cc4)c(C(=O)OC)c3)cc2C(=O)OC)cc1. The van der Waals surface area contributed by atoms with E-state index in [1.807, 2.05) is 0 Å². The van der Waals surface area contributed by atoms with Crippen molar-refractivity contribution in [2.24, 2.45) is 0 Å². The van der Waals surface area contributed by atoms with Gasteiger partial charge in [-0.15, -0.1) is 0 Å². The average molecular weight is 969 g/mol. The molecule has 0 heterocycles. The van der Waals surface area contributed by atoms with Gasteiger partial charge in [0, 0.05) is 25.2 Å². The summed E-state index contributed by atoms with van der Waals surface area (Å²) in [6, 6.07) is 18.6. The summed E-state index contributed by atoms with van der Waals surface area (Å²) in [5, 5.41) is 4.79. The highest BCUT2D eigenvalue weighted by Gasteiger charge is 2.22. The summed E-state index contributed by atoms with van der Waals surface area (Å²) in [6.45, 7) is 7.10. The molecule has 0 bridgehead atoms. The van der Waals surface area contributed by atoms with Gasteiger partial charge < -0.3 is 58.0 Å². The molecule has 0 radical (unpaired) electrons. The van der Waals surface area contributed by atoms with E-state index in [-0.39, 0.29) is 83.7 Å². The highest BCUT2D eigenvalue weighted by molar-refractivity contribution is 5.98. The van der Waals surface area contributed by atoms with Crippen molar-refractivity contribution in [3.63, 3.8) is 0 Å². The first-order chi connectivity index (χ1) is 33.7. The quantitative estimate of drug-likeness (QED) is 0.0248. The Hall–Kier alpha value is -9.01. The van der Waals surface area contributed by atoms with Crippen LogP contribution in [0.15, 0.2) is 110 Å². The first kappa shape index (κ1) is 53.6. The maximum absolute atomic E-state index is 13.0. The maximum Gasteiger partial charge on any atom is 0.412 e. The van der Waals surface area contributed by atoms with Gasteiger partial charge in [0.1, 0.15) is 39.9 Å². The van der Waals surface area contributed by atoms with E-state index in [4.69, 9.17) is 47.4 Å². The van der Waals surface area contributed by atoms with Crippen molar-refractivity contribution in [3.8, 4) is 28.7 Å². The van der Waals surface area contributed by atoms with Gasteiger partial charge in [0.2, 0.25) is 0 Å². The Morgan fingerprint density at radius 2 is 0.814 bits per heavy atom. The van der Waals surface area contributed by atoms with Crippen LogP contribution in [0, 0.1) is 0 Å². The van der Waals surface area contributed by atoms with Gasteiger partial charge in [0.25, 0.3) is 0 Å². The van der Waals surface area contributed by atoms with E-state index < -0.39 is 54.0 Å². The molecule has 0 saturated heterocycles. The maximum atomic E-state index is 13.0. The van der Waals surface area contributed by atoms with E-state index in [9.17, 15) is 43.2 Å². The lowest BCUT2D eigenvalue weighted by Crippen LogP contribution is -2.37. The van der Waals surface area contributed by atoms with Crippen molar-refractivity contribution >= 4 is 54.0 Å². The Bertz CT molecular complexity index is 2540. The molecule has 4 rings (SSSR count). The summed E-state index contributed by atoms with van der Waals surface area (Å²) in [6.07, 6.45) is 2.27. The minimum atomic E-state index is -0.988. The van der Waals surface area contributed by atoms with Crippen LogP contribution < -0.4 is 34.3 Å². The largest absolute Gasteiger partial charge is 0.494 e. The molecule has 0 aliphatic heterocycles. The number of rotatable bonds is 25. The molecule has 0 unspecified atom stereocenters. The third-order valence-corrected chi connectivity index (χ3v) is 9.05. The van der Waals surface area contributed by atoms with E-state index in [1.54, 1.807) is 12.1 Å². The molecule has 0 aliphatic carbocycles. The number of hydrogen-bond acceptors (Lipinski definition) is 19. The molecule has 0 atom stereocenters. The van der Waals surface area contributed by atoms with Crippen LogP contribution in [0.2, 0.25) is 0 Å². The number of amides is 2. The highest BCUT2D eigenvalue weighted by atomic mass is 16.6. The van der Waals surface area contributed by atoms with Crippen molar-refractivity contribution in [2.75, 3.05) is 53.7 Å². The number of benzene rings is 4. The highest BCUT2D eigenvalue weighted by Crippen LogP contribution is 2.28. The predicted molar refractivity (Wildman–Crippen MR) is 243 cm³/mol. The van der Waals surface area contributed by atoms with E-state index >= 15 is 0 Å². The third-order valence-electron chi connectivity index (χ3n) is 9.05. The van der Waals surface area contributed by atoms with Crippen LogP contribution in [-0.4, -0.2) is 108 Å². The van der Waals surface area contributed by atoms with Crippen molar-refractivity contribution in [2.45, 2.75) is 25.7 Å². The van der Waals surface area contributed by atoms with Crippen molar-refractivity contribution in [1.29, 1.82) is 0 Å². The fourth-order valence-electron chi connectivity index (χ4n) is 5.53. The van der Waals surface area contributed by atoms with E-state index in [1.165, 1.54) is 60.7 Å². The van der Waals surface area contributed by atoms with Gasteiger partial charge >= 0.3 is 54.0 Å². The van der Waals surface area contributed by atoms with Crippen molar-refractivity contribution < 1.29 is 90.5 Å². The van der Waals surface area contributed by atoms with Gasteiger partial charge in [-0.3, -0.25) is 0 Å². The smallest absolute Gasteiger partial charge is 0.412 e. The lowest BCUT2D eigenvalue weighted by Gasteiger charge is -2.13. The van der Waals surface area contributed by atoms with E-state index in [0.717, 1.165) is 38.5 Å². The van der Waals surface area contributed by atoms with Crippen LogP contribution >= 0.6 is 0 Å². The molecule has 70 heavy (non-hydrogen) atoms. The van der Waals surface area contributed by atoms with E-state index in [0.29, 0.717) is 38.0 Å². The number of unbranched alkanes of at least 4 members (excludes halogenated alkanes) is 2. The van der Waals surface area contributed by atoms with Gasteiger partial charge in [-0.05, 0) is 111 Å². The molecular formula is C49H48N2O19. The van der Waals surface area contributed by atoms with Gasteiger partial charge in [-0.1, -0.05) is 13.2 Å². The Morgan fingerprint density at radius 1 is 0.443 bits per heavy atom. The first-order valence-corrected chi connectivity index (χ1v) is 21.1. The van der Waals surface area contributed by atoms with Gasteiger partial charge in [0.15, 0.2) is 0 Å². The molecule has 0 saturated carbocycles. The van der Waals surface area contributed by atoms with Gasteiger partial charge in [-0.2, -0.15) is 0 Å². The zero-order chi connectivity index (χ0) is 50.8. The molecule has 21 heteroatoms. The van der Waals surface area contributed by atoms with Crippen molar-refractivity contribution in [1.82, 2.24) is 10.6 Å². The van der Waals surface area contributed by atoms with Crippen LogP contribution in [0.25, 0.3) is 0 Å². The second-order valence-corrected chi connectivity index (χ2v) is 14.0. The fourth-order valence-corrected chi connectivity index (χ4v) is 5.53. The average Bonchev–Trinajstić information content (AvgIpc) is 3.37. The Kier molecular flexibility index (Phi) is 21.6. The molecule has 0 aliphatic rings. The first-order valence-electron chi connectivity index (χ1n) is 21.1. The molecule has 0 aromatic heterocycles. The molecule has 0 spiro atoms. The second-order valence-electron chi connectivity index (χ2n) is 14.0. The number of esters is 7.